The molecule has 2 aliphatic rings. The molecule has 35 heavy (non-hydrogen) atoms. The summed E-state index contributed by atoms with van der Waals surface area (Å²) in [5.74, 6) is 2.29. The summed E-state index contributed by atoms with van der Waals surface area (Å²) in [5.41, 5.74) is 2.35. The number of aryl methyl sites for hydroxylation is 1. The van der Waals surface area contributed by atoms with Crippen LogP contribution in [0.3, 0.4) is 0 Å². The molecule has 2 atom stereocenters. The van der Waals surface area contributed by atoms with Gasteiger partial charge < -0.3 is 14.7 Å². The van der Waals surface area contributed by atoms with Crippen molar-refractivity contribution < 1.29 is 4.39 Å². The minimum absolute atomic E-state index is 0.200. The molecule has 6 nitrogen and oxygen atoms in total. The zero-order valence-electron chi connectivity index (χ0n) is 20.6. The predicted molar refractivity (Wildman–Crippen MR) is 141 cm³/mol. The molecule has 0 spiro atoms. The van der Waals surface area contributed by atoms with Gasteiger partial charge in [0.15, 0.2) is 0 Å². The Bertz CT molecular complexity index is 1200. The second-order valence-electron chi connectivity index (χ2n) is 9.71. The van der Waals surface area contributed by atoms with Gasteiger partial charge in [-0.25, -0.2) is 14.4 Å². The van der Waals surface area contributed by atoms with Crippen molar-refractivity contribution in [3.05, 3.63) is 59.0 Å². The Morgan fingerprint density at radius 1 is 0.971 bits per heavy atom. The zero-order valence-corrected chi connectivity index (χ0v) is 21.3. The van der Waals surface area contributed by atoms with E-state index in [1.165, 1.54) is 12.5 Å². The highest BCUT2D eigenvalue weighted by Gasteiger charge is 2.29. The van der Waals surface area contributed by atoms with Crippen LogP contribution >= 0.6 is 11.6 Å². The molecule has 2 aliphatic heterocycles. The third-order valence-electron chi connectivity index (χ3n) is 7.17. The maximum Gasteiger partial charge on any atom is 0.228 e. The maximum atomic E-state index is 14.0. The Morgan fingerprint density at radius 3 is 2.57 bits per heavy atom. The molecule has 0 amide bonds. The van der Waals surface area contributed by atoms with Gasteiger partial charge in [0.1, 0.15) is 17.5 Å². The lowest BCUT2D eigenvalue weighted by atomic mass is 10.0. The Morgan fingerprint density at radius 2 is 1.83 bits per heavy atom. The molecular formula is C27H32ClFN6. The Balaban J connectivity index is 1.49. The van der Waals surface area contributed by atoms with Crippen LogP contribution in [0.25, 0.3) is 11.3 Å². The summed E-state index contributed by atoms with van der Waals surface area (Å²) in [6.07, 6.45) is 5.30. The van der Waals surface area contributed by atoms with E-state index >= 15 is 0 Å². The third kappa shape index (κ3) is 4.92. The predicted octanol–water partition coefficient (Wildman–Crippen LogP) is 5.73. The molecule has 2 fully saturated rings. The van der Waals surface area contributed by atoms with Crippen LogP contribution in [0.5, 0.6) is 0 Å². The van der Waals surface area contributed by atoms with Crippen molar-refractivity contribution in [3.8, 4) is 11.3 Å². The standard InChI is InChI=1S/C27H32ClFN6/c1-18-15-21(9-10-23(18)29)24-16-25(32-27(31-24)35-12-5-4-7-19(35)2)34-14-13-33(17-20(34)3)26-22(28)8-6-11-30-26/h6,8-11,15-16,19-20H,4-5,7,12-14,17H2,1-3H3. The molecule has 0 aliphatic carbocycles. The van der Waals surface area contributed by atoms with Crippen molar-refractivity contribution in [2.45, 2.75) is 52.1 Å². The molecule has 0 N–H and O–H groups in total. The summed E-state index contributed by atoms with van der Waals surface area (Å²) in [5, 5.41) is 0.672. The van der Waals surface area contributed by atoms with Crippen LogP contribution in [0.4, 0.5) is 22.0 Å². The summed E-state index contributed by atoms with van der Waals surface area (Å²) < 4.78 is 14.0. The Hall–Kier alpha value is -2.93. The van der Waals surface area contributed by atoms with E-state index in [-0.39, 0.29) is 11.9 Å². The van der Waals surface area contributed by atoms with Gasteiger partial charge >= 0.3 is 0 Å². The highest BCUT2D eigenvalue weighted by atomic mass is 35.5. The summed E-state index contributed by atoms with van der Waals surface area (Å²) in [6.45, 7) is 9.58. The van der Waals surface area contributed by atoms with Crippen LogP contribution in [0.2, 0.25) is 5.02 Å². The van der Waals surface area contributed by atoms with Gasteiger partial charge in [-0.3, -0.25) is 0 Å². The van der Waals surface area contributed by atoms with Gasteiger partial charge in [-0.1, -0.05) is 11.6 Å². The van der Waals surface area contributed by atoms with Crippen molar-refractivity contribution >= 4 is 29.2 Å². The topological polar surface area (TPSA) is 48.4 Å². The molecule has 2 aromatic heterocycles. The fourth-order valence-electron chi connectivity index (χ4n) is 5.15. The quantitative estimate of drug-likeness (QED) is 0.461. The molecule has 1 aromatic carbocycles. The van der Waals surface area contributed by atoms with E-state index in [9.17, 15) is 4.39 Å². The monoisotopic (exact) mass is 494 g/mol. The van der Waals surface area contributed by atoms with E-state index in [1.54, 1.807) is 13.1 Å². The van der Waals surface area contributed by atoms with Crippen molar-refractivity contribution in [3.63, 3.8) is 0 Å². The van der Waals surface area contributed by atoms with Gasteiger partial charge in [0.05, 0.1) is 10.7 Å². The van der Waals surface area contributed by atoms with Gasteiger partial charge in [0, 0.05) is 56.1 Å². The van der Waals surface area contributed by atoms with Crippen molar-refractivity contribution in [1.82, 2.24) is 15.0 Å². The van der Waals surface area contributed by atoms with Gasteiger partial charge in [0.2, 0.25) is 5.95 Å². The minimum atomic E-state index is -0.203. The van der Waals surface area contributed by atoms with Gasteiger partial charge in [-0.2, -0.15) is 4.98 Å². The number of hydrogen-bond donors (Lipinski definition) is 0. The molecule has 0 bridgehead atoms. The number of benzene rings is 1. The number of halogens is 2. The first-order valence-corrected chi connectivity index (χ1v) is 12.8. The summed E-state index contributed by atoms with van der Waals surface area (Å²) in [7, 11) is 0. The molecular weight excluding hydrogens is 463 g/mol. The minimum Gasteiger partial charge on any atom is -0.352 e. The van der Waals surface area contributed by atoms with Crippen molar-refractivity contribution in [1.29, 1.82) is 0 Å². The van der Waals surface area contributed by atoms with Crippen molar-refractivity contribution in [2.24, 2.45) is 0 Å². The van der Waals surface area contributed by atoms with Gasteiger partial charge in [-0.15, -0.1) is 0 Å². The van der Waals surface area contributed by atoms with E-state index in [1.807, 2.05) is 30.3 Å². The van der Waals surface area contributed by atoms with E-state index in [0.29, 0.717) is 16.6 Å². The van der Waals surface area contributed by atoms with E-state index < -0.39 is 0 Å². The number of piperazine rings is 1. The number of hydrogen-bond acceptors (Lipinski definition) is 6. The van der Waals surface area contributed by atoms with Crippen LogP contribution in [0, 0.1) is 12.7 Å². The van der Waals surface area contributed by atoms with Crippen LogP contribution in [0.1, 0.15) is 38.7 Å². The molecule has 184 valence electrons. The molecule has 0 saturated carbocycles. The van der Waals surface area contributed by atoms with Gasteiger partial charge in [0.25, 0.3) is 0 Å². The average molecular weight is 495 g/mol. The number of aromatic nitrogens is 3. The molecule has 2 saturated heterocycles. The zero-order chi connectivity index (χ0) is 24.5. The summed E-state index contributed by atoms with van der Waals surface area (Å²) in [4.78, 5) is 21.4. The summed E-state index contributed by atoms with van der Waals surface area (Å²) >= 11 is 6.42. The number of rotatable bonds is 4. The molecule has 2 unspecified atom stereocenters. The fourth-order valence-corrected chi connectivity index (χ4v) is 5.39. The van der Waals surface area contributed by atoms with E-state index in [4.69, 9.17) is 21.6 Å². The lowest BCUT2D eigenvalue weighted by Crippen LogP contribution is -2.53. The SMILES string of the molecule is Cc1cc(-c2cc(N3CCN(c4ncccc4Cl)CC3C)nc(N3CCCCC3C)n2)ccc1F. The van der Waals surface area contributed by atoms with Crippen LogP contribution in [-0.4, -0.2) is 53.2 Å². The largest absolute Gasteiger partial charge is 0.352 e. The van der Waals surface area contributed by atoms with Gasteiger partial charge in [-0.05, 0) is 75.9 Å². The van der Waals surface area contributed by atoms with Crippen molar-refractivity contribution in [2.75, 3.05) is 40.9 Å². The molecule has 3 aromatic rings. The number of nitrogens with zero attached hydrogens (tertiary/aromatic N) is 6. The lowest BCUT2D eigenvalue weighted by molar-refractivity contribution is 0.476. The maximum absolute atomic E-state index is 14.0. The second-order valence-corrected chi connectivity index (χ2v) is 10.1. The molecule has 8 heteroatoms. The highest BCUT2D eigenvalue weighted by Crippen LogP contribution is 2.32. The Labute approximate surface area is 211 Å². The van der Waals surface area contributed by atoms with Crippen LogP contribution < -0.4 is 14.7 Å². The molecule has 4 heterocycles. The number of pyridine rings is 1. The van der Waals surface area contributed by atoms with E-state index in [0.717, 1.165) is 67.9 Å². The first-order valence-electron chi connectivity index (χ1n) is 12.4. The number of anilines is 3. The Kier molecular flexibility index (Phi) is 6.78. The second kappa shape index (κ2) is 9.97. The third-order valence-corrected chi connectivity index (χ3v) is 7.47. The highest BCUT2D eigenvalue weighted by molar-refractivity contribution is 6.32. The molecule has 5 rings (SSSR count). The fraction of sp³-hybridized carbons (Fsp3) is 0.444. The smallest absolute Gasteiger partial charge is 0.228 e. The summed E-state index contributed by atoms with van der Waals surface area (Å²) in [6, 6.07) is 11.6. The molecule has 0 radical (unpaired) electrons. The first-order chi connectivity index (χ1) is 16.9. The number of piperidine rings is 1. The lowest BCUT2D eigenvalue weighted by Gasteiger charge is -2.42. The first kappa shape index (κ1) is 23.8. The van der Waals surface area contributed by atoms with Crippen LogP contribution in [-0.2, 0) is 0 Å². The van der Waals surface area contributed by atoms with E-state index in [2.05, 4.69) is 33.5 Å². The normalized spacial score (nSPS) is 20.9. The van der Waals surface area contributed by atoms with Crippen LogP contribution in [0.15, 0.2) is 42.6 Å². The average Bonchev–Trinajstić information content (AvgIpc) is 2.86.